The number of pyridine rings is 1. The largest absolute Gasteiger partial charge is 0.510 e. The first kappa shape index (κ1) is 41.5. The molecule has 498 valence electrons. The van der Waals surface area contributed by atoms with Crippen LogP contribution in [0.5, 0.6) is 11.5 Å². The first-order valence-corrected chi connectivity index (χ1v) is 35.1. The van der Waals surface area contributed by atoms with E-state index in [2.05, 4.69) is 66.9 Å². The summed E-state index contributed by atoms with van der Waals surface area (Å²) in [6.45, 7) is 2.06. The van der Waals surface area contributed by atoms with Crippen molar-refractivity contribution in [3.63, 3.8) is 0 Å². The quantitative estimate of drug-likeness (QED) is 0.0592. The Morgan fingerprint density at radius 3 is 1.67 bits per heavy atom. The van der Waals surface area contributed by atoms with Crippen LogP contribution < -0.4 is 30.1 Å². The smallest absolute Gasteiger partial charge is 0.268 e. The van der Waals surface area contributed by atoms with Gasteiger partial charge in [-0.15, -0.1) is 29.7 Å². The van der Waals surface area contributed by atoms with Crippen LogP contribution in [0.2, 0.25) is 0 Å². The molecule has 17 rings (SSSR count). The van der Waals surface area contributed by atoms with Crippen LogP contribution in [0.1, 0.15) is 137 Å². The van der Waals surface area contributed by atoms with Crippen molar-refractivity contribution in [3.05, 3.63) is 318 Å². The molecular weight excluding hydrogens is 1420 g/mol. The molecule has 0 bridgehead atoms. The topological polar surface area (TPSA) is 35.9 Å². The van der Waals surface area contributed by atoms with Gasteiger partial charge in [-0.2, -0.15) is 18.2 Å². The monoisotopic (exact) mass is 1530 g/mol. The molecule has 4 heterocycles. The Morgan fingerprint density at radius 1 is 0.505 bits per heavy atom. The van der Waals surface area contributed by atoms with Gasteiger partial charge in [0.05, 0.1) is 37.3 Å². The molecule has 0 radical (unpaired) electrons. The number of imidazole rings is 1. The van der Waals surface area contributed by atoms with E-state index in [1.54, 1.807) is 60.8 Å². The molecule has 1 aliphatic heterocycles. The van der Waals surface area contributed by atoms with Gasteiger partial charge in [0.15, 0.2) is 8.07 Å². The van der Waals surface area contributed by atoms with E-state index in [1.165, 1.54) is 63.7 Å². The molecule has 12 aromatic carbocycles. The minimum absolute atomic E-state index is 0. The summed E-state index contributed by atoms with van der Waals surface area (Å²) in [4.78, 5) is 4.88. The molecule has 0 saturated heterocycles. The first-order chi connectivity index (χ1) is 59.4. The molecule has 0 fully saturated rings. The first-order valence-electron chi connectivity index (χ1n) is 46.6. The van der Waals surface area contributed by atoms with Gasteiger partial charge in [0, 0.05) is 60.7 Å². The zero-order valence-electron chi connectivity index (χ0n) is 83.1. The van der Waals surface area contributed by atoms with E-state index in [0.29, 0.717) is 40.9 Å². The van der Waals surface area contributed by atoms with E-state index >= 15 is 0 Å². The van der Waals surface area contributed by atoms with Crippen molar-refractivity contribution in [1.29, 1.82) is 0 Å². The van der Waals surface area contributed by atoms with Crippen LogP contribution in [0.4, 0.5) is 0 Å². The van der Waals surface area contributed by atoms with Crippen LogP contribution in [-0.2, 0) is 37.3 Å². The fraction of sp³-hybridized carbons (Fsp3) is 0.170. The summed E-state index contributed by atoms with van der Waals surface area (Å²) in [5.74, 6) is 0.775. The van der Waals surface area contributed by atoms with Crippen molar-refractivity contribution < 1.29 is 67.4 Å². The molecular formula is C94H80N4OPtSi-2. The second kappa shape index (κ2) is 24.8. The number of hydrogen-bond acceptors (Lipinski definition) is 2. The van der Waals surface area contributed by atoms with Crippen LogP contribution in [0.3, 0.4) is 0 Å². The van der Waals surface area contributed by atoms with Gasteiger partial charge >= 0.3 is 0 Å². The number of hydrogen-bond donors (Lipinski definition) is 0. The molecule has 7 heteroatoms. The van der Waals surface area contributed by atoms with E-state index in [1.807, 2.05) is 59.2 Å². The Bertz CT molecular complexity index is 6940. The summed E-state index contributed by atoms with van der Waals surface area (Å²) in [6, 6.07) is 36.3. The van der Waals surface area contributed by atoms with Crippen molar-refractivity contribution >= 4 is 61.7 Å². The van der Waals surface area contributed by atoms with E-state index in [0.717, 1.165) is 33.0 Å². The van der Waals surface area contributed by atoms with E-state index in [-0.39, 0.29) is 99.0 Å². The Balaban J connectivity index is 0.0000120. The van der Waals surface area contributed by atoms with Crippen molar-refractivity contribution in [2.75, 3.05) is 0 Å². The Morgan fingerprint density at radius 2 is 1.06 bits per heavy atom. The summed E-state index contributed by atoms with van der Waals surface area (Å²) >= 11 is 0. The normalized spacial score (nSPS) is 18.0. The van der Waals surface area contributed by atoms with Crippen LogP contribution >= 0.6 is 0 Å². The van der Waals surface area contributed by atoms with E-state index < -0.39 is 180 Å². The Hall–Kier alpha value is -10.2. The number of nitrogens with zero attached hydrogens (tertiary/aromatic N) is 4. The molecule has 3 aromatic heterocycles. The number of aromatic nitrogens is 4. The summed E-state index contributed by atoms with van der Waals surface area (Å²) in [7, 11) is -6.18. The SMILES string of the molecule is [2H]c1c([2H])c([2H])c([Si](c2cc3c4c(c2)n(-c2[c-]c(Oc5[c-]c6c(cc5)c5ccccc5n6-c5cc(C(C)(C)C)ccn5)ccc2)[c-][n+]4-c2c(cc(-c4c(C([2H])([2H])[2H])cccc4C([2H])([2H])[2H])cc2-c2c(C([2H])([2H])[2H])cccc2C([2H])([2H])[2H])-c2cc4c(cc2-c2ccccc2-3)C(C)(C)CCC4(C)C)(c2c([2H])c([2H])c([2H])c([2H])c2[2H])c2c([2H])c([2H])c([2H])c([2H])c2[2H])c([2H])c1[2H].[Pt]. The third-order valence-corrected chi connectivity index (χ3v) is 24.4. The van der Waals surface area contributed by atoms with E-state index in [9.17, 15) is 32.9 Å². The van der Waals surface area contributed by atoms with Crippen LogP contribution in [0, 0.1) is 45.9 Å². The van der Waals surface area contributed by atoms with Crippen molar-refractivity contribution in [3.8, 4) is 84.3 Å². The molecule has 0 amide bonds. The molecule has 1 aliphatic carbocycles. The fourth-order valence-electron chi connectivity index (χ4n) is 15.2. The number of fused-ring (bicyclic) bond motifs is 11. The van der Waals surface area contributed by atoms with Gasteiger partial charge in [0.1, 0.15) is 5.82 Å². The molecule has 0 N–H and O–H groups in total. The zero-order chi connectivity index (χ0) is 91.6. The van der Waals surface area contributed by atoms with Gasteiger partial charge in [-0.05, 0) is 219 Å². The van der Waals surface area contributed by atoms with Crippen molar-refractivity contribution in [2.24, 2.45) is 0 Å². The molecule has 0 saturated carbocycles. The maximum Gasteiger partial charge on any atom is 0.268 e. The fourth-order valence-corrected chi connectivity index (χ4v) is 19.0. The van der Waals surface area contributed by atoms with Crippen LogP contribution in [-0.4, -0.2) is 22.2 Å². The predicted molar refractivity (Wildman–Crippen MR) is 417 cm³/mol. The molecule has 15 aromatic rings. The standard InChI is InChI=1S/C94H80N4OSi.Pt/c1-60-28-25-29-61(2)88(60)64-50-79-78-58-83-82(93(8,9)47-48-94(83,10)11)57-77(78)73-40-21-22-41-74(73)80-55-72(100(69-34-15-12-16-35-69,70-36-17-13-18-37-70)71-38-19-14-20-39-71)56-86-91(80)97(90(79)81(51-64)89-62(3)30-26-31-63(89)4)59-96(86)66-32-27-33-67(53-66)99-68-44-45-76-75-42-23-24-43-84(75)98(85(76)54-68)87-52-65(46-49-95-87)92(5,6)7;/h12-46,49-52,55-58H,47-48H2,1-11H3;/q-2;/i1D3,2D3,3D3,4D3,12D,13D,14D,15D,16D,17D,18D,19D,20D,34D,35D,36D,37D,38D,39D;. The number of rotatable bonds is 10. The van der Waals surface area contributed by atoms with Crippen molar-refractivity contribution in [2.45, 2.75) is 105 Å². The van der Waals surface area contributed by atoms with Crippen molar-refractivity contribution in [1.82, 2.24) is 14.1 Å². The van der Waals surface area contributed by atoms with Crippen LogP contribution in [0.25, 0.3) is 106 Å². The van der Waals surface area contributed by atoms with Gasteiger partial charge in [-0.3, -0.25) is 4.57 Å². The summed E-state index contributed by atoms with van der Waals surface area (Å²) in [5, 5.41) is -1.09. The molecule has 101 heavy (non-hydrogen) atoms. The Labute approximate surface area is 647 Å². The average molecular weight is 1530 g/mol. The molecule has 2 aliphatic rings. The third-order valence-electron chi connectivity index (χ3n) is 20.2. The number of ether oxygens (including phenoxy) is 1. The number of para-hydroxylation sites is 1. The van der Waals surface area contributed by atoms with Gasteiger partial charge in [0.2, 0.25) is 0 Å². The molecule has 0 unspecified atom stereocenters. The maximum absolute atomic E-state index is 10.3. The molecule has 0 atom stereocenters. The minimum atomic E-state index is -6.18. The predicted octanol–water partition coefficient (Wildman–Crippen LogP) is 20.5. The summed E-state index contributed by atoms with van der Waals surface area (Å²) in [6.07, 6.45) is 6.66. The van der Waals surface area contributed by atoms with Gasteiger partial charge in [0.25, 0.3) is 6.33 Å². The average Bonchev–Trinajstić information content (AvgIpc) is 1.02. The van der Waals surface area contributed by atoms with Gasteiger partial charge in [-0.1, -0.05) is 242 Å². The number of benzene rings is 12. The summed E-state index contributed by atoms with van der Waals surface area (Å²) < 4.78 is 272. The van der Waals surface area contributed by atoms with Gasteiger partial charge < -0.3 is 13.9 Å². The third kappa shape index (κ3) is 10.7. The molecule has 0 spiro atoms. The second-order valence-corrected chi connectivity index (χ2v) is 31.7. The van der Waals surface area contributed by atoms with Crippen LogP contribution in [0.15, 0.2) is 261 Å². The Kier molecular flexibility index (Phi) is 10.2. The minimum Gasteiger partial charge on any atom is -0.510 e. The van der Waals surface area contributed by atoms with Gasteiger partial charge in [-0.25, -0.2) is 4.98 Å². The summed E-state index contributed by atoms with van der Waals surface area (Å²) in [5.41, 5.74) is 0.663. The van der Waals surface area contributed by atoms with E-state index in [4.69, 9.17) is 13.8 Å². The second-order valence-electron chi connectivity index (χ2n) is 28.1. The zero-order valence-corrected chi connectivity index (χ0v) is 59.4. The number of aryl methyl sites for hydroxylation is 4. The maximum atomic E-state index is 10.3. The molecule has 5 nitrogen and oxygen atoms in total.